The van der Waals surface area contributed by atoms with Gasteiger partial charge in [-0.05, 0) is 30.7 Å². The summed E-state index contributed by atoms with van der Waals surface area (Å²) in [7, 11) is 2.90. The van der Waals surface area contributed by atoms with Crippen LogP contribution in [0.4, 0.5) is 0 Å². The summed E-state index contributed by atoms with van der Waals surface area (Å²) in [5, 5.41) is 0. The van der Waals surface area contributed by atoms with Crippen LogP contribution in [0.1, 0.15) is 59.7 Å². The molecule has 0 radical (unpaired) electrons. The van der Waals surface area contributed by atoms with Gasteiger partial charge in [0.1, 0.15) is 22.6 Å². The van der Waals surface area contributed by atoms with E-state index < -0.39 is 18.2 Å². The second kappa shape index (κ2) is 13.3. The van der Waals surface area contributed by atoms with E-state index in [-0.39, 0.29) is 11.1 Å². The predicted octanol–water partition coefficient (Wildman–Crippen LogP) is 4.88. The standard InChI is InChI=1S/C23H28O8/c1-4-5-6-7-16-21(28-30-22(24)17-12-8-10-14-19(17)26-2)29-31-23(25)18-13-9-11-15-20(18)27-3/h8-15,21H,4-7,16H2,1-3H3. The van der Waals surface area contributed by atoms with E-state index in [2.05, 4.69) is 6.92 Å². The molecule has 0 N–H and O–H groups in total. The van der Waals surface area contributed by atoms with Crippen molar-refractivity contribution in [3.8, 4) is 11.5 Å². The highest BCUT2D eigenvalue weighted by Crippen LogP contribution is 2.21. The summed E-state index contributed by atoms with van der Waals surface area (Å²) in [6.07, 6.45) is 3.03. The molecular weight excluding hydrogens is 404 g/mol. The second-order valence-electron chi connectivity index (χ2n) is 6.61. The van der Waals surface area contributed by atoms with Crippen molar-refractivity contribution >= 4 is 11.9 Å². The molecule has 0 atom stereocenters. The first-order valence-corrected chi connectivity index (χ1v) is 10.1. The minimum absolute atomic E-state index is 0.195. The van der Waals surface area contributed by atoms with E-state index in [0.717, 1.165) is 25.7 Å². The Morgan fingerprint density at radius 2 is 1.23 bits per heavy atom. The number of benzene rings is 2. The Kier molecular flexibility index (Phi) is 10.3. The average Bonchev–Trinajstić information content (AvgIpc) is 2.82. The summed E-state index contributed by atoms with van der Waals surface area (Å²) >= 11 is 0. The van der Waals surface area contributed by atoms with Gasteiger partial charge in [0.15, 0.2) is 0 Å². The Hall–Kier alpha value is -3.10. The molecule has 0 fully saturated rings. The van der Waals surface area contributed by atoms with Crippen LogP contribution >= 0.6 is 0 Å². The van der Waals surface area contributed by atoms with Crippen LogP contribution < -0.4 is 9.47 Å². The van der Waals surface area contributed by atoms with Crippen molar-refractivity contribution in [2.24, 2.45) is 0 Å². The molecule has 8 nitrogen and oxygen atoms in total. The van der Waals surface area contributed by atoms with Crippen LogP contribution in [-0.4, -0.2) is 32.4 Å². The lowest BCUT2D eigenvalue weighted by molar-refractivity contribution is -0.421. The van der Waals surface area contributed by atoms with Crippen LogP contribution in [0.2, 0.25) is 0 Å². The molecule has 0 aliphatic heterocycles. The van der Waals surface area contributed by atoms with Gasteiger partial charge < -0.3 is 9.47 Å². The Labute approximate surface area is 181 Å². The smallest absolute Gasteiger partial charge is 0.376 e. The number of ether oxygens (including phenoxy) is 2. The van der Waals surface area contributed by atoms with Gasteiger partial charge >= 0.3 is 11.9 Å². The Bertz CT molecular complexity index is 772. The van der Waals surface area contributed by atoms with Gasteiger partial charge in [0.25, 0.3) is 0 Å². The van der Waals surface area contributed by atoms with Gasteiger partial charge in [-0.1, -0.05) is 50.5 Å². The molecule has 0 spiro atoms. The SMILES string of the molecule is CCCCCCC(OOC(=O)c1ccccc1OC)OOC(=O)c1ccccc1OC. The molecule has 2 aromatic rings. The molecular formula is C23H28O8. The summed E-state index contributed by atoms with van der Waals surface area (Å²) in [5.74, 6) is -0.815. The van der Waals surface area contributed by atoms with Gasteiger partial charge in [-0.25, -0.2) is 9.59 Å². The van der Waals surface area contributed by atoms with E-state index in [1.807, 2.05) is 0 Å². The van der Waals surface area contributed by atoms with Crippen LogP contribution in [0, 0.1) is 0 Å². The van der Waals surface area contributed by atoms with Crippen molar-refractivity contribution in [3.63, 3.8) is 0 Å². The lowest BCUT2D eigenvalue weighted by Gasteiger charge is -2.16. The molecule has 0 amide bonds. The molecule has 0 bridgehead atoms. The minimum atomic E-state index is -1.09. The zero-order chi connectivity index (χ0) is 22.5. The third-order valence-electron chi connectivity index (χ3n) is 4.41. The second-order valence-corrected chi connectivity index (χ2v) is 6.61. The van der Waals surface area contributed by atoms with E-state index in [4.69, 9.17) is 29.0 Å². The minimum Gasteiger partial charge on any atom is -0.496 e. The maximum absolute atomic E-state index is 12.3. The molecule has 0 aliphatic carbocycles. The third-order valence-corrected chi connectivity index (χ3v) is 4.41. The molecule has 8 heteroatoms. The van der Waals surface area contributed by atoms with Gasteiger partial charge in [-0.2, -0.15) is 0 Å². The first-order valence-electron chi connectivity index (χ1n) is 10.1. The molecule has 0 saturated carbocycles. The molecule has 0 heterocycles. The summed E-state index contributed by atoms with van der Waals surface area (Å²) in [6.45, 7) is 2.09. The number of carbonyl (C=O) groups is 2. The maximum Gasteiger partial charge on any atom is 0.376 e. The maximum atomic E-state index is 12.3. The van der Waals surface area contributed by atoms with Gasteiger partial charge in [0.2, 0.25) is 6.29 Å². The summed E-state index contributed by atoms with van der Waals surface area (Å²) < 4.78 is 10.3. The molecule has 0 saturated heterocycles. The average molecular weight is 432 g/mol. The number of carbonyl (C=O) groups excluding carboxylic acids is 2. The number of unbranched alkanes of at least 4 members (excludes halogenated alkanes) is 3. The van der Waals surface area contributed by atoms with Gasteiger partial charge in [0, 0.05) is 6.42 Å². The van der Waals surface area contributed by atoms with Crippen molar-refractivity contribution in [1.82, 2.24) is 0 Å². The number of hydrogen-bond acceptors (Lipinski definition) is 8. The van der Waals surface area contributed by atoms with Crippen molar-refractivity contribution < 1.29 is 38.6 Å². The number of methoxy groups -OCH3 is 2. The van der Waals surface area contributed by atoms with Crippen LogP contribution in [-0.2, 0) is 19.6 Å². The third kappa shape index (κ3) is 7.58. The van der Waals surface area contributed by atoms with Crippen molar-refractivity contribution in [2.75, 3.05) is 14.2 Å². The topological polar surface area (TPSA) is 89.5 Å². The molecule has 0 unspecified atom stereocenters. The van der Waals surface area contributed by atoms with Crippen LogP contribution in [0.5, 0.6) is 11.5 Å². The largest absolute Gasteiger partial charge is 0.496 e. The van der Waals surface area contributed by atoms with Crippen molar-refractivity contribution in [2.45, 2.75) is 45.3 Å². The number of hydrogen-bond donors (Lipinski definition) is 0. The van der Waals surface area contributed by atoms with E-state index in [1.54, 1.807) is 48.5 Å². The quantitative estimate of drug-likeness (QED) is 0.192. The predicted molar refractivity (Wildman–Crippen MR) is 112 cm³/mol. The van der Waals surface area contributed by atoms with E-state index >= 15 is 0 Å². The lowest BCUT2D eigenvalue weighted by atomic mass is 10.1. The normalized spacial score (nSPS) is 10.6. The highest BCUT2D eigenvalue weighted by Gasteiger charge is 2.22. The van der Waals surface area contributed by atoms with Gasteiger partial charge in [0.05, 0.1) is 14.2 Å². The highest BCUT2D eigenvalue weighted by atomic mass is 17.3. The molecule has 0 aliphatic rings. The van der Waals surface area contributed by atoms with E-state index in [9.17, 15) is 9.59 Å². The van der Waals surface area contributed by atoms with Crippen LogP contribution in [0.15, 0.2) is 48.5 Å². The molecule has 31 heavy (non-hydrogen) atoms. The fraction of sp³-hybridized carbons (Fsp3) is 0.391. The molecule has 2 aromatic carbocycles. The first-order chi connectivity index (χ1) is 15.1. The van der Waals surface area contributed by atoms with Crippen molar-refractivity contribution in [3.05, 3.63) is 59.7 Å². The Morgan fingerprint density at radius 3 is 1.68 bits per heavy atom. The highest BCUT2D eigenvalue weighted by molar-refractivity contribution is 5.92. The van der Waals surface area contributed by atoms with E-state index in [1.165, 1.54) is 14.2 Å². The number of para-hydroxylation sites is 2. The van der Waals surface area contributed by atoms with Gasteiger partial charge in [-0.15, -0.1) is 9.78 Å². The number of rotatable bonds is 13. The fourth-order valence-electron chi connectivity index (χ4n) is 2.76. The molecule has 168 valence electrons. The monoisotopic (exact) mass is 432 g/mol. The summed E-state index contributed by atoms with van der Waals surface area (Å²) in [4.78, 5) is 44.8. The van der Waals surface area contributed by atoms with E-state index in [0.29, 0.717) is 17.9 Å². The van der Waals surface area contributed by atoms with Crippen LogP contribution in [0.25, 0.3) is 0 Å². The Morgan fingerprint density at radius 1 is 0.742 bits per heavy atom. The van der Waals surface area contributed by atoms with Gasteiger partial charge in [-0.3, -0.25) is 9.78 Å². The zero-order valence-corrected chi connectivity index (χ0v) is 18.0. The van der Waals surface area contributed by atoms with Crippen molar-refractivity contribution in [1.29, 1.82) is 0 Å². The molecule has 0 aromatic heterocycles. The van der Waals surface area contributed by atoms with Crippen LogP contribution in [0.3, 0.4) is 0 Å². The fourth-order valence-corrected chi connectivity index (χ4v) is 2.76. The zero-order valence-electron chi connectivity index (χ0n) is 18.0. The summed E-state index contributed by atoms with van der Waals surface area (Å²) in [5.41, 5.74) is 0.390. The first kappa shape index (κ1) is 24.2. The summed E-state index contributed by atoms with van der Waals surface area (Å²) in [6, 6.07) is 13.2. The Balaban J connectivity index is 1.97. The molecule has 2 rings (SSSR count). The lowest BCUT2D eigenvalue weighted by Crippen LogP contribution is -2.22.